The van der Waals surface area contributed by atoms with Crippen molar-refractivity contribution in [3.63, 3.8) is 0 Å². The smallest absolute Gasteiger partial charge is 0.376 e. The first-order chi connectivity index (χ1) is 9.39. The molecule has 1 aromatic heterocycles. The first kappa shape index (κ1) is 14.4. The number of nitrogens with zero attached hydrogens (tertiary/aromatic N) is 1. The number of ether oxygens (including phenoxy) is 1. The quantitative estimate of drug-likeness (QED) is 0.871. The highest BCUT2D eigenvalue weighted by molar-refractivity contribution is 7.92. The zero-order chi connectivity index (χ0) is 14.8. The Labute approximate surface area is 115 Å². The van der Waals surface area contributed by atoms with Gasteiger partial charge in [0.2, 0.25) is 0 Å². The van der Waals surface area contributed by atoms with Crippen LogP contribution in [0.4, 0.5) is 8.78 Å². The van der Waals surface area contributed by atoms with E-state index < -0.39 is 25.7 Å². The molecular weight excluding hydrogens is 288 g/mol. The zero-order valence-corrected chi connectivity index (χ0v) is 11.3. The molecule has 20 heavy (non-hydrogen) atoms. The number of halogens is 2. The number of sulfone groups is 1. The Balaban J connectivity index is 2.48. The normalized spacial score (nSPS) is 12.2. The van der Waals surface area contributed by atoms with Crippen LogP contribution in [0.3, 0.4) is 0 Å². The second-order valence-electron chi connectivity index (χ2n) is 3.92. The van der Waals surface area contributed by atoms with Gasteiger partial charge in [-0.1, -0.05) is 6.07 Å². The van der Waals surface area contributed by atoms with E-state index in [0.717, 1.165) is 24.4 Å². The summed E-state index contributed by atoms with van der Waals surface area (Å²) >= 11 is 0. The SMILES string of the molecule is COc1ccc(C(F)(F)S(=O)(=O)c2ccccn2)cc1. The van der Waals surface area contributed by atoms with Gasteiger partial charge in [0.1, 0.15) is 5.75 Å². The number of pyridine rings is 1. The summed E-state index contributed by atoms with van der Waals surface area (Å²) in [5, 5.41) is -4.73. The average molecular weight is 299 g/mol. The van der Waals surface area contributed by atoms with Crippen LogP contribution in [0.25, 0.3) is 0 Å². The summed E-state index contributed by atoms with van der Waals surface area (Å²) in [6.07, 6.45) is 1.15. The van der Waals surface area contributed by atoms with Gasteiger partial charge >= 0.3 is 5.25 Å². The maximum Gasteiger partial charge on any atom is 0.376 e. The minimum absolute atomic E-state index is 0.361. The third-order valence-corrected chi connectivity index (χ3v) is 4.38. The molecule has 0 unspecified atom stereocenters. The molecule has 2 rings (SSSR count). The molecule has 0 aliphatic rings. The van der Waals surface area contributed by atoms with E-state index in [1.165, 1.54) is 31.4 Å². The number of methoxy groups -OCH3 is 1. The highest BCUT2D eigenvalue weighted by Gasteiger charge is 2.48. The minimum Gasteiger partial charge on any atom is -0.497 e. The molecule has 0 bridgehead atoms. The number of aromatic nitrogens is 1. The molecule has 0 fully saturated rings. The topological polar surface area (TPSA) is 56.3 Å². The van der Waals surface area contributed by atoms with Crippen molar-refractivity contribution in [2.75, 3.05) is 7.11 Å². The Morgan fingerprint density at radius 3 is 2.25 bits per heavy atom. The van der Waals surface area contributed by atoms with Gasteiger partial charge in [-0.2, -0.15) is 8.78 Å². The molecule has 0 aliphatic carbocycles. The van der Waals surface area contributed by atoms with Gasteiger partial charge < -0.3 is 4.74 Å². The number of alkyl halides is 2. The maximum absolute atomic E-state index is 14.2. The van der Waals surface area contributed by atoms with Crippen LogP contribution >= 0.6 is 0 Å². The van der Waals surface area contributed by atoms with Gasteiger partial charge in [-0.3, -0.25) is 0 Å². The molecular formula is C13H11F2NO3S. The van der Waals surface area contributed by atoms with E-state index in [4.69, 9.17) is 4.74 Å². The molecule has 1 aromatic carbocycles. The van der Waals surface area contributed by atoms with E-state index in [0.29, 0.717) is 5.75 Å². The van der Waals surface area contributed by atoms with Gasteiger partial charge in [0, 0.05) is 11.8 Å². The standard InChI is InChI=1S/C13H11F2NO3S/c1-19-11-7-5-10(6-8-11)13(14,15)20(17,18)12-4-2-3-9-16-12/h2-9H,1H3. The van der Waals surface area contributed by atoms with Crippen molar-refractivity contribution in [3.8, 4) is 5.75 Å². The Hall–Kier alpha value is -2.02. The molecule has 0 amide bonds. The zero-order valence-electron chi connectivity index (χ0n) is 10.5. The highest BCUT2D eigenvalue weighted by atomic mass is 32.2. The fourth-order valence-corrected chi connectivity index (χ4v) is 2.74. The van der Waals surface area contributed by atoms with E-state index in [2.05, 4.69) is 4.98 Å². The molecule has 0 spiro atoms. The summed E-state index contributed by atoms with van der Waals surface area (Å²) in [5.41, 5.74) is -0.635. The predicted molar refractivity (Wildman–Crippen MR) is 68.3 cm³/mol. The lowest BCUT2D eigenvalue weighted by Crippen LogP contribution is -2.27. The van der Waals surface area contributed by atoms with Crippen LogP contribution in [0.1, 0.15) is 5.56 Å². The van der Waals surface area contributed by atoms with Crippen molar-refractivity contribution in [2.24, 2.45) is 0 Å². The second kappa shape index (κ2) is 5.16. The van der Waals surface area contributed by atoms with Crippen molar-refractivity contribution in [1.82, 2.24) is 4.98 Å². The first-order valence-corrected chi connectivity index (χ1v) is 7.06. The first-order valence-electron chi connectivity index (χ1n) is 5.57. The highest BCUT2D eigenvalue weighted by Crippen LogP contribution is 2.38. The van der Waals surface area contributed by atoms with E-state index >= 15 is 0 Å². The number of hydrogen-bond acceptors (Lipinski definition) is 4. The largest absolute Gasteiger partial charge is 0.497 e. The maximum atomic E-state index is 14.2. The van der Waals surface area contributed by atoms with Gasteiger partial charge in [-0.05, 0) is 36.4 Å². The van der Waals surface area contributed by atoms with Crippen LogP contribution in [-0.2, 0) is 15.1 Å². The van der Waals surface area contributed by atoms with E-state index in [-0.39, 0.29) is 0 Å². The third-order valence-electron chi connectivity index (χ3n) is 2.68. The van der Waals surface area contributed by atoms with Crippen LogP contribution in [0.5, 0.6) is 5.75 Å². The molecule has 7 heteroatoms. The van der Waals surface area contributed by atoms with Gasteiger partial charge in [-0.15, -0.1) is 0 Å². The summed E-state index contributed by atoms with van der Waals surface area (Å²) < 4.78 is 57.1. The fraction of sp³-hybridized carbons (Fsp3) is 0.154. The summed E-state index contributed by atoms with van der Waals surface area (Å²) in [7, 11) is -3.51. The number of hydrogen-bond donors (Lipinski definition) is 0. The van der Waals surface area contributed by atoms with Gasteiger partial charge in [-0.25, -0.2) is 13.4 Å². The molecule has 4 nitrogen and oxygen atoms in total. The molecule has 2 aromatic rings. The Morgan fingerprint density at radius 1 is 1.10 bits per heavy atom. The molecule has 0 radical (unpaired) electrons. The fourth-order valence-electron chi connectivity index (χ4n) is 1.58. The Morgan fingerprint density at radius 2 is 1.75 bits per heavy atom. The van der Waals surface area contributed by atoms with Crippen molar-refractivity contribution in [2.45, 2.75) is 10.3 Å². The van der Waals surface area contributed by atoms with Crippen molar-refractivity contribution >= 4 is 9.84 Å². The third kappa shape index (κ3) is 2.36. The van der Waals surface area contributed by atoms with Crippen molar-refractivity contribution in [1.29, 1.82) is 0 Å². The second-order valence-corrected chi connectivity index (χ2v) is 5.85. The van der Waals surface area contributed by atoms with Crippen LogP contribution in [0, 0.1) is 0 Å². The summed E-state index contributed by atoms with van der Waals surface area (Å²) in [6.45, 7) is 0. The summed E-state index contributed by atoms with van der Waals surface area (Å²) in [6, 6.07) is 8.40. The van der Waals surface area contributed by atoms with Gasteiger partial charge in [0.25, 0.3) is 9.84 Å². The molecule has 106 valence electrons. The monoisotopic (exact) mass is 299 g/mol. The van der Waals surface area contributed by atoms with Gasteiger partial charge in [0.15, 0.2) is 5.03 Å². The van der Waals surface area contributed by atoms with Crippen molar-refractivity contribution < 1.29 is 21.9 Å². The van der Waals surface area contributed by atoms with E-state index in [1.807, 2.05) is 0 Å². The lowest BCUT2D eigenvalue weighted by atomic mass is 10.2. The predicted octanol–water partition coefficient (Wildman–Crippen LogP) is 2.61. The lowest BCUT2D eigenvalue weighted by molar-refractivity contribution is 0.0902. The van der Waals surface area contributed by atoms with Crippen LogP contribution in [0.15, 0.2) is 53.7 Å². The van der Waals surface area contributed by atoms with Crippen LogP contribution < -0.4 is 4.74 Å². The van der Waals surface area contributed by atoms with Crippen molar-refractivity contribution in [3.05, 3.63) is 54.2 Å². The summed E-state index contributed by atoms with van der Waals surface area (Å²) in [4.78, 5) is 3.48. The Kier molecular flexibility index (Phi) is 3.71. The van der Waals surface area contributed by atoms with Crippen LogP contribution in [0.2, 0.25) is 0 Å². The molecule has 0 saturated heterocycles. The lowest BCUT2D eigenvalue weighted by Gasteiger charge is -2.17. The molecule has 0 atom stereocenters. The van der Waals surface area contributed by atoms with E-state index in [1.54, 1.807) is 0 Å². The van der Waals surface area contributed by atoms with Crippen LogP contribution in [-0.4, -0.2) is 20.5 Å². The molecule has 1 heterocycles. The molecule has 0 aliphatic heterocycles. The molecule has 0 saturated carbocycles. The van der Waals surface area contributed by atoms with Gasteiger partial charge in [0.05, 0.1) is 7.11 Å². The average Bonchev–Trinajstić information content (AvgIpc) is 2.48. The van der Waals surface area contributed by atoms with E-state index in [9.17, 15) is 17.2 Å². The Bertz CT molecular complexity index is 685. The number of rotatable bonds is 4. The summed E-state index contributed by atoms with van der Waals surface area (Å²) in [5.74, 6) is 0.361. The molecule has 0 N–H and O–H groups in total. The minimum atomic E-state index is -4.90. The number of benzene rings is 1.